The van der Waals surface area contributed by atoms with Gasteiger partial charge in [-0.15, -0.1) is 11.3 Å². The van der Waals surface area contributed by atoms with Crippen LogP contribution in [-0.4, -0.2) is 21.4 Å². The van der Waals surface area contributed by atoms with E-state index in [2.05, 4.69) is 5.32 Å². The minimum absolute atomic E-state index is 0.112. The number of hydrogen-bond acceptors (Lipinski definition) is 5. The van der Waals surface area contributed by atoms with Crippen molar-refractivity contribution in [1.29, 1.82) is 0 Å². The van der Waals surface area contributed by atoms with Crippen molar-refractivity contribution < 1.29 is 17.9 Å². The number of sulfone groups is 1. The molecule has 0 aliphatic carbocycles. The van der Waals surface area contributed by atoms with Crippen LogP contribution >= 0.6 is 22.9 Å². The Labute approximate surface area is 171 Å². The van der Waals surface area contributed by atoms with Crippen molar-refractivity contribution in [2.24, 2.45) is 0 Å². The van der Waals surface area contributed by atoms with Crippen molar-refractivity contribution in [2.45, 2.75) is 22.1 Å². The number of halogens is 1. The molecule has 0 radical (unpaired) electrons. The molecule has 1 amide bonds. The Hall–Kier alpha value is -2.35. The number of hydrogen-bond donors (Lipinski definition) is 1. The second kappa shape index (κ2) is 7.24. The van der Waals surface area contributed by atoms with Crippen molar-refractivity contribution in [3.63, 3.8) is 0 Å². The molecule has 0 fully saturated rings. The number of anilines is 1. The Balaban J connectivity index is 1.79. The van der Waals surface area contributed by atoms with Gasteiger partial charge in [-0.25, -0.2) is 8.42 Å². The molecule has 0 saturated carbocycles. The quantitative estimate of drug-likeness (QED) is 0.646. The van der Waals surface area contributed by atoms with E-state index in [1.165, 1.54) is 35.6 Å². The molecule has 3 aromatic rings. The molecule has 1 aromatic heterocycles. The zero-order chi connectivity index (χ0) is 19.9. The summed E-state index contributed by atoms with van der Waals surface area (Å²) in [5.41, 5.74) is 1.31. The maximum absolute atomic E-state index is 13.1. The Morgan fingerprint density at radius 1 is 1.11 bits per heavy atom. The Morgan fingerprint density at radius 2 is 1.79 bits per heavy atom. The SMILES string of the molecule is COc1ccc([C@@H]2CC(=O)Nc3c(S(=O)(=O)c4ccc(Cl)cc4)csc32)cc1. The van der Waals surface area contributed by atoms with E-state index < -0.39 is 9.84 Å². The zero-order valence-electron chi connectivity index (χ0n) is 14.8. The first-order valence-corrected chi connectivity index (χ1v) is 11.2. The monoisotopic (exact) mass is 433 g/mol. The first-order chi connectivity index (χ1) is 13.4. The summed E-state index contributed by atoms with van der Waals surface area (Å²) < 4.78 is 31.4. The second-order valence-electron chi connectivity index (χ2n) is 6.37. The lowest BCUT2D eigenvalue weighted by atomic mass is 9.91. The van der Waals surface area contributed by atoms with E-state index in [-0.39, 0.29) is 28.0 Å². The van der Waals surface area contributed by atoms with Crippen molar-refractivity contribution >= 4 is 44.4 Å². The summed E-state index contributed by atoms with van der Waals surface area (Å²) in [5, 5.41) is 4.81. The number of carbonyl (C=O) groups excluding carboxylic acids is 1. The third-order valence-electron chi connectivity index (χ3n) is 4.69. The highest BCUT2D eigenvalue weighted by Crippen LogP contribution is 2.46. The van der Waals surface area contributed by atoms with Crippen LogP contribution in [0.15, 0.2) is 63.7 Å². The molecule has 1 N–H and O–H groups in total. The van der Waals surface area contributed by atoms with E-state index in [9.17, 15) is 13.2 Å². The predicted octanol–water partition coefficient (Wildman–Crippen LogP) is 4.72. The van der Waals surface area contributed by atoms with Crippen LogP contribution in [0.25, 0.3) is 0 Å². The van der Waals surface area contributed by atoms with Crippen LogP contribution in [0.3, 0.4) is 0 Å². The summed E-state index contributed by atoms with van der Waals surface area (Å²) in [6.45, 7) is 0. The third-order valence-corrected chi connectivity index (χ3v) is 7.98. The number of fused-ring (bicyclic) bond motifs is 1. The molecular weight excluding hydrogens is 418 g/mol. The highest BCUT2D eigenvalue weighted by molar-refractivity contribution is 7.91. The lowest BCUT2D eigenvalue weighted by molar-refractivity contribution is -0.116. The van der Waals surface area contributed by atoms with Crippen molar-refractivity contribution in [3.05, 3.63) is 69.4 Å². The molecule has 5 nitrogen and oxygen atoms in total. The smallest absolute Gasteiger partial charge is 0.225 e. The number of amides is 1. The minimum atomic E-state index is -3.78. The van der Waals surface area contributed by atoms with E-state index in [1.54, 1.807) is 12.5 Å². The average Bonchev–Trinajstić information content (AvgIpc) is 3.12. The van der Waals surface area contributed by atoms with Gasteiger partial charge in [0.05, 0.1) is 17.7 Å². The van der Waals surface area contributed by atoms with Crippen molar-refractivity contribution in [2.75, 3.05) is 12.4 Å². The molecule has 144 valence electrons. The van der Waals surface area contributed by atoms with Gasteiger partial charge in [-0.3, -0.25) is 4.79 Å². The molecule has 28 heavy (non-hydrogen) atoms. The molecule has 8 heteroatoms. The predicted molar refractivity (Wildman–Crippen MR) is 109 cm³/mol. The summed E-state index contributed by atoms with van der Waals surface area (Å²) in [4.78, 5) is 13.4. The van der Waals surface area contributed by atoms with Gasteiger partial charge in [0.15, 0.2) is 0 Å². The van der Waals surface area contributed by atoms with Gasteiger partial charge in [0, 0.05) is 27.6 Å². The molecular formula is C20H16ClNO4S2. The second-order valence-corrected chi connectivity index (χ2v) is 9.64. The van der Waals surface area contributed by atoms with Gasteiger partial charge in [-0.05, 0) is 42.0 Å². The van der Waals surface area contributed by atoms with Gasteiger partial charge in [0.1, 0.15) is 10.6 Å². The van der Waals surface area contributed by atoms with Crippen LogP contribution in [0, 0.1) is 0 Å². The summed E-state index contributed by atoms with van der Waals surface area (Å²) in [7, 11) is -2.18. The first-order valence-electron chi connectivity index (χ1n) is 8.46. The summed E-state index contributed by atoms with van der Waals surface area (Å²) in [6, 6.07) is 13.5. The number of ether oxygens (including phenoxy) is 1. The van der Waals surface area contributed by atoms with Gasteiger partial charge in [0.2, 0.25) is 15.7 Å². The highest BCUT2D eigenvalue weighted by atomic mass is 35.5. The summed E-state index contributed by atoms with van der Waals surface area (Å²) in [5.74, 6) is 0.314. The van der Waals surface area contributed by atoms with Crippen molar-refractivity contribution in [3.8, 4) is 5.75 Å². The van der Waals surface area contributed by atoms with Crippen LogP contribution in [-0.2, 0) is 14.6 Å². The number of methoxy groups -OCH3 is 1. The Morgan fingerprint density at radius 3 is 2.43 bits per heavy atom. The summed E-state index contributed by atoms with van der Waals surface area (Å²) >= 11 is 7.21. The number of rotatable bonds is 4. The van der Waals surface area contributed by atoms with Gasteiger partial charge in [-0.2, -0.15) is 0 Å². The standard InChI is InChI=1S/C20H16ClNO4S2/c1-26-14-6-2-12(3-7-14)16-10-18(23)22-19-17(11-27-20(16)19)28(24,25)15-8-4-13(21)5-9-15/h2-9,11,16H,10H2,1H3,(H,22,23)/t16-/m0/s1. The Kier molecular flexibility index (Phi) is 4.91. The molecule has 1 aliphatic heterocycles. The maximum atomic E-state index is 13.1. The number of nitrogens with one attached hydrogen (secondary N) is 1. The molecule has 0 bridgehead atoms. The molecule has 0 unspecified atom stereocenters. The third kappa shape index (κ3) is 3.30. The first kappa shape index (κ1) is 19.0. The normalized spacial score (nSPS) is 16.4. The number of thiophene rings is 1. The highest BCUT2D eigenvalue weighted by Gasteiger charge is 2.34. The molecule has 0 spiro atoms. The van der Waals surface area contributed by atoms with Gasteiger partial charge in [-0.1, -0.05) is 23.7 Å². The molecule has 0 saturated heterocycles. The average molecular weight is 434 g/mol. The van der Waals surface area contributed by atoms with E-state index in [1.807, 2.05) is 24.3 Å². The van der Waals surface area contributed by atoms with Crippen molar-refractivity contribution in [1.82, 2.24) is 0 Å². The number of benzene rings is 2. The Bertz CT molecular complexity index is 1140. The van der Waals surface area contributed by atoms with E-state index in [0.717, 1.165) is 16.2 Å². The fraction of sp³-hybridized carbons (Fsp3) is 0.150. The molecule has 1 atom stereocenters. The maximum Gasteiger partial charge on any atom is 0.225 e. The van der Waals surface area contributed by atoms with E-state index >= 15 is 0 Å². The lowest BCUT2D eigenvalue weighted by Crippen LogP contribution is -2.23. The van der Waals surface area contributed by atoms with Crippen LogP contribution in [0.1, 0.15) is 22.8 Å². The fourth-order valence-corrected chi connectivity index (χ4v) is 6.28. The molecule has 2 aromatic carbocycles. The van der Waals surface area contributed by atoms with Crippen LogP contribution in [0.2, 0.25) is 5.02 Å². The fourth-order valence-electron chi connectivity index (χ4n) is 3.25. The van der Waals surface area contributed by atoms with Crippen LogP contribution < -0.4 is 10.1 Å². The molecule has 1 aliphatic rings. The van der Waals surface area contributed by atoms with E-state index in [0.29, 0.717) is 10.7 Å². The zero-order valence-corrected chi connectivity index (χ0v) is 17.2. The topological polar surface area (TPSA) is 72.5 Å². The van der Waals surface area contributed by atoms with Gasteiger partial charge < -0.3 is 10.1 Å². The molecule has 2 heterocycles. The number of carbonyl (C=O) groups is 1. The van der Waals surface area contributed by atoms with E-state index in [4.69, 9.17) is 16.3 Å². The van der Waals surface area contributed by atoms with Gasteiger partial charge in [0.25, 0.3) is 0 Å². The summed E-state index contributed by atoms with van der Waals surface area (Å²) in [6.07, 6.45) is 0.264. The largest absolute Gasteiger partial charge is 0.497 e. The van der Waals surface area contributed by atoms with Crippen LogP contribution in [0.5, 0.6) is 5.75 Å². The van der Waals surface area contributed by atoms with Gasteiger partial charge >= 0.3 is 0 Å². The minimum Gasteiger partial charge on any atom is -0.497 e. The van der Waals surface area contributed by atoms with Crippen LogP contribution in [0.4, 0.5) is 5.69 Å². The lowest BCUT2D eigenvalue weighted by Gasteiger charge is -2.24. The molecule has 4 rings (SSSR count).